The minimum absolute atomic E-state index is 0.238. The predicted octanol–water partition coefficient (Wildman–Crippen LogP) is 2.56. The Bertz CT molecular complexity index is 555. The summed E-state index contributed by atoms with van der Waals surface area (Å²) >= 11 is 0. The van der Waals surface area contributed by atoms with Crippen LogP contribution < -0.4 is 0 Å². The summed E-state index contributed by atoms with van der Waals surface area (Å²) in [6, 6.07) is 10.1. The van der Waals surface area contributed by atoms with Crippen molar-refractivity contribution in [3.63, 3.8) is 0 Å². The summed E-state index contributed by atoms with van der Waals surface area (Å²) in [6.45, 7) is 2.56. The van der Waals surface area contributed by atoms with Gasteiger partial charge in [0.1, 0.15) is 0 Å². The van der Waals surface area contributed by atoms with E-state index in [-0.39, 0.29) is 6.61 Å². The van der Waals surface area contributed by atoms with Crippen molar-refractivity contribution >= 4 is 20.8 Å². The van der Waals surface area contributed by atoms with Crippen molar-refractivity contribution in [2.45, 2.75) is 12.5 Å². The second-order valence-electron chi connectivity index (χ2n) is 6.22. The minimum atomic E-state index is -3.00. The van der Waals surface area contributed by atoms with Gasteiger partial charge in [0.05, 0.1) is 46.2 Å². The molecule has 0 aliphatic heterocycles. The smallest absolute Gasteiger partial charge is 0.463 e. The molecule has 0 radical (unpaired) electrons. The Hall–Kier alpha value is -1.59. The van der Waals surface area contributed by atoms with Gasteiger partial charge in [0, 0.05) is 33.4 Å². The number of carbonyl (C=O) groups is 1. The summed E-state index contributed by atoms with van der Waals surface area (Å²) in [6.07, 6.45) is 3.68. The Morgan fingerprint density at radius 1 is 0.800 bits per heavy atom. The van der Waals surface area contributed by atoms with Crippen molar-refractivity contribution in [1.82, 2.24) is 0 Å². The molecule has 0 bridgehead atoms. The van der Waals surface area contributed by atoms with E-state index in [1.165, 1.54) is 6.08 Å². The van der Waals surface area contributed by atoms with Crippen molar-refractivity contribution in [3.05, 3.63) is 42.0 Å². The molecule has 1 rings (SSSR count). The quantitative estimate of drug-likeness (QED) is 0.148. The van der Waals surface area contributed by atoms with Gasteiger partial charge in [-0.05, 0) is 18.1 Å². The first-order valence-corrected chi connectivity index (χ1v) is 11.9. The third-order valence-electron chi connectivity index (χ3n) is 3.91. The van der Waals surface area contributed by atoms with E-state index in [1.54, 1.807) is 27.4 Å². The Morgan fingerprint density at radius 2 is 1.33 bits per heavy atom. The maximum Gasteiger partial charge on any atom is 0.501 e. The number of hydrogen-bond acceptors (Lipinski definition) is 8. The number of methoxy groups -OCH3 is 3. The zero-order valence-electron chi connectivity index (χ0n) is 18.2. The Balaban J connectivity index is 2.55. The zero-order chi connectivity index (χ0) is 21.9. The highest BCUT2D eigenvalue weighted by Gasteiger charge is 2.41. The van der Waals surface area contributed by atoms with Gasteiger partial charge in [-0.1, -0.05) is 30.3 Å². The molecule has 0 spiro atoms. The summed E-state index contributed by atoms with van der Waals surface area (Å²) in [5.74, 6) is -0.396. The second-order valence-corrected chi connectivity index (χ2v) is 8.95. The van der Waals surface area contributed by atoms with Crippen molar-refractivity contribution in [1.29, 1.82) is 0 Å². The largest absolute Gasteiger partial charge is 0.501 e. The SMILES string of the molecule is COCCO[Si](CCCOC(=O)C=Cc1ccccc1)(OCCOC)OCCOC. The summed E-state index contributed by atoms with van der Waals surface area (Å²) in [7, 11) is 1.81. The number of benzene rings is 1. The molecule has 170 valence electrons. The van der Waals surface area contributed by atoms with E-state index < -0.39 is 14.8 Å². The van der Waals surface area contributed by atoms with Crippen LogP contribution in [0.15, 0.2) is 36.4 Å². The van der Waals surface area contributed by atoms with Crippen molar-refractivity contribution in [2.75, 3.05) is 67.6 Å². The van der Waals surface area contributed by atoms with Gasteiger partial charge in [0.25, 0.3) is 0 Å². The van der Waals surface area contributed by atoms with Gasteiger partial charge in [-0.3, -0.25) is 0 Å². The molecule has 1 aromatic rings. The maximum atomic E-state index is 11.9. The fourth-order valence-electron chi connectivity index (χ4n) is 2.42. The molecule has 0 unspecified atom stereocenters. The fourth-order valence-corrected chi connectivity index (χ4v) is 4.86. The highest BCUT2D eigenvalue weighted by molar-refractivity contribution is 6.60. The van der Waals surface area contributed by atoms with E-state index in [0.29, 0.717) is 52.1 Å². The molecule has 0 aliphatic rings. The lowest BCUT2D eigenvalue weighted by Gasteiger charge is -2.29. The number of carbonyl (C=O) groups excluding carboxylic acids is 1. The Morgan fingerprint density at radius 3 is 1.83 bits per heavy atom. The van der Waals surface area contributed by atoms with Crippen LogP contribution in [0, 0.1) is 0 Å². The topological polar surface area (TPSA) is 81.7 Å². The predicted molar refractivity (Wildman–Crippen MR) is 115 cm³/mol. The van der Waals surface area contributed by atoms with Crippen molar-refractivity contribution in [3.8, 4) is 0 Å². The van der Waals surface area contributed by atoms with Gasteiger partial charge in [-0.25, -0.2) is 4.79 Å². The van der Waals surface area contributed by atoms with Gasteiger partial charge in [0.2, 0.25) is 0 Å². The first kappa shape index (κ1) is 26.4. The summed E-state index contributed by atoms with van der Waals surface area (Å²) < 4.78 is 38.4. The Kier molecular flexibility index (Phi) is 15.1. The molecule has 0 aliphatic carbocycles. The van der Waals surface area contributed by atoms with Crippen LogP contribution in [0.3, 0.4) is 0 Å². The average molecular weight is 443 g/mol. The average Bonchev–Trinajstić information content (AvgIpc) is 2.76. The van der Waals surface area contributed by atoms with E-state index in [4.69, 9.17) is 32.2 Å². The van der Waals surface area contributed by atoms with Gasteiger partial charge in [-0.15, -0.1) is 0 Å². The molecule has 1 aromatic carbocycles. The molecule has 0 fully saturated rings. The summed E-state index contributed by atoms with van der Waals surface area (Å²) in [5.41, 5.74) is 0.936. The summed E-state index contributed by atoms with van der Waals surface area (Å²) in [4.78, 5) is 11.9. The van der Waals surface area contributed by atoms with Crippen LogP contribution >= 0.6 is 0 Å². The van der Waals surface area contributed by atoms with E-state index in [1.807, 2.05) is 30.3 Å². The first-order chi connectivity index (χ1) is 14.7. The van der Waals surface area contributed by atoms with Crippen LogP contribution in [0.1, 0.15) is 12.0 Å². The monoisotopic (exact) mass is 442 g/mol. The molecule has 0 aromatic heterocycles. The molecule has 30 heavy (non-hydrogen) atoms. The molecular weight excluding hydrogens is 408 g/mol. The molecule has 0 amide bonds. The van der Waals surface area contributed by atoms with Crippen LogP contribution in [0.25, 0.3) is 6.08 Å². The van der Waals surface area contributed by atoms with Gasteiger partial charge in [-0.2, -0.15) is 0 Å². The lowest BCUT2D eigenvalue weighted by Crippen LogP contribution is -2.48. The molecule has 8 nitrogen and oxygen atoms in total. The maximum absolute atomic E-state index is 11.9. The fraction of sp³-hybridized carbons (Fsp3) is 0.571. The van der Waals surface area contributed by atoms with Crippen LogP contribution in [0.4, 0.5) is 0 Å². The third kappa shape index (κ3) is 12.2. The zero-order valence-corrected chi connectivity index (χ0v) is 19.2. The molecule has 9 heteroatoms. The number of rotatable bonds is 18. The molecule has 0 heterocycles. The minimum Gasteiger partial charge on any atom is -0.463 e. The van der Waals surface area contributed by atoms with Crippen LogP contribution in [-0.2, 0) is 37.0 Å². The van der Waals surface area contributed by atoms with E-state index in [0.717, 1.165) is 5.56 Å². The van der Waals surface area contributed by atoms with Crippen molar-refractivity contribution in [2.24, 2.45) is 0 Å². The second kappa shape index (κ2) is 17.1. The van der Waals surface area contributed by atoms with E-state index in [9.17, 15) is 4.79 Å². The van der Waals surface area contributed by atoms with Gasteiger partial charge < -0.3 is 32.2 Å². The van der Waals surface area contributed by atoms with Crippen molar-refractivity contribution < 1.29 is 37.0 Å². The van der Waals surface area contributed by atoms with Crippen LogP contribution in [-0.4, -0.2) is 82.4 Å². The van der Waals surface area contributed by atoms with Crippen LogP contribution in [0.2, 0.25) is 6.04 Å². The van der Waals surface area contributed by atoms with Gasteiger partial charge in [0.15, 0.2) is 0 Å². The highest BCUT2D eigenvalue weighted by Crippen LogP contribution is 2.18. The summed E-state index contributed by atoms with van der Waals surface area (Å²) in [5, 5.41) is 0. The van der Waals surface area contributed by atoms with Gasteiger partial charge >= 0.3 is 14.8 Å². The lowest BCUT2D eigenvalue weighted by molar-refractivity contribution is -0.137. The number of ether oxygens (including phenoxy) is 4. The molecule has 0 saturated heterocycles. The normalized spacial score (nSPS) is 11.8. The van der Waals surface area contributed by atoms with E-state index >= 15 is 0 Å². The molecule has 0 saturated carbocycles. The Labute approximate surface area is 180 Å². The molecule has 0 N–H and O–H groups in total. The number of hydrogen-bond donors (Lipinski definition) is 0. The third-order valence-corrected chi connectivity index (χ3v) is 6.81. The first-order valence-electron chi connectivity index (χ1n) is 9.94. The number of esters is 1. The standard InChI is InChI=1S/C21H34O8Si/c1-23-13-16-27-30(28-17-14-24-2,29-18-15-25-3)19-7-12-26-21(22)11-10-20-8-5-4-6-9-20/h4-6,8-11H,7,12-19H2,1-3H3. The molecule has 0 atom stereocenters. The van der Waals surface area contributed by atoms with Crippen LogP contribution in [0.5, 0.6) is 0 Å². The highest BCUT2D eigenvalue weighted by atomic mass is 28.4. The lowest BCUT2D eigenvalue weighted by atomic mass is 10.2. The molecular formula is C21H34O8Si. The van der Waals surface area contributed by atoms with E-state index in [2.05, 4.69) is 0 Å².